The van der Waals surface area contributed by atoms with Gasteiger partial charge in [-0.15, -0.1) is 26.3 Å². The zero-order chi connectivity index (χ0) is 63.6. The van der Waals surface area contributed by atoms with Gasteiger partial charge in [-0.25, -0.2) is 26.3 Å². The molecule has 39 heteroatoms. The summed E-state index contributed by atoms with van der Waals surface area (Å²) in [4.78, 5) is 87.3. The summed E-state index contributed by atoms with van der Waals surface area (Å²) in [6.45, 7) is 7.55. The lowest BCUT2D eigenvalue weighted by atomic mass is 10.1. The van der Waals surface area contributed by atoms with Gasteiger partial charge in [0.05, 0.1) is 32.7 Å². The molecular weight excluding hydrogens is 1180 g/mol. The molecule has 0 saturated carbocycles. The van der Waals surface area contributed by atoms with E-state index < -0.39 is 178 Å². The Kier molecular flexibility index (Phi) is 33.9. The van der Waals surface area contributed by atoms with Crippen molar-refractivity contribution < 1.29 is 184 Å². The summed E-state index contributed by atoms with van der Waals surface area (Å²) >= 11 is 0. The standard InChI is InChI=1S/C10H12F4O6.2C9H12F2O5.C9H12O5.C5H9FO4.CF4O.H2/c1-4(15)18-6-3-17-9(20-10(12,13)14)7(11)8(6)19-5(2)16;2*1-4(12)15-6-3-14-9(11)7(10)8(6)16-5(2)13;1-6(10)13-8-3-4-12-5-9(8)14-7(2)11;6-3-4(8)2(7)1-10-5(3)9;2-1(3,4)6-5;/h6-9H,3H2,1-2H3;2*6-9H,3H2,1-2H3;3-4,8-9H,5H2,1-2H3;2-5,7-9H,1H2;;1H/i;;;;;;1+1. The summed E-state index contributed by atoms with van der Waals surface area (Å²) in [6, 6.07) is 0. The first-order valence-electron chi connectivity index (χ1n) is 22.8. The minimum Gasteiger partial charge on any atom is -0.497 e. The molecule has 478 valence electrons. The van der Waals surface area contributed by atoms with E-state index in [1.807, 2.05) is 0 Å². The van der Waals surface area contributed by atoms with Gasteiger partial charge in [-0.2, -0.15) is 0 Å². The lowest BCUT2D eigenvalue weighted by Crippen LogP contribution is -2.55. The molecule has 3 N–H and O–H groups in total. The SMILES string of the molecule is CC(=O)OC1C=COCC1OC(C)=O.CC(=O)OC1COC(F)C(F)C1OC(C)=O.CC(=O)OC1COC(F)C(F)C1OC(C)=O.CC(=O)OC1COC(OC(F)(F)F)C(F)C1OC(C)=O.FOC(F)(F)F.OC1COC(O)C(F)C1O.[2HH]. The van der Waals surface area contributed by atoms with Crippen LogP contribution in [0.3, 0.4) is 0 Å². The van der Waals surface area contributed by atoms with Gasteiger partial charge < -0.3 is 76.9 Å². The fourth-order valence-electron chi connectivity index (χ4n) is 6.25. The van der Waals surface area contributed by atoms with Crippen LogP contribution < -0.4 is 0 Å². The lowest BCUT2D eigenvalue weighted by molar-refractivity contribution is -0.416. The van der Waals surface area contributed by atoms with E-state index in [2.05, 4.69) is 52.1 Å². The number of esters is 8. The van der Waals surface area contributed by atoms with Crippen LogP contribution in [0.15, 0.2) is 12.3 Å². The quantitative estimate of drug-likeness (QED) is 0.170. The topological polar surface area (TPSA) is 336 Å². The van der Waals surface area contributed by atoms with Crippen LogP contribution in [-0.2, 0) is 110 Å². The molecule has 5 aliphatic heterocycles. The third kappa shape index (κ3) is 30.9. The van der Waals surface area contributed by atoms with Crippen LogP contribution >= 0.6 is 0 Å². The lowest BCUT2D eigenvalue weighted by Gasteiger charge is -2.37. The summed E-state index contributed by atoms with van der Waals surface area (Å²) in [6.07, 6.45) is -36.4. The molecule has 0 aromatic carbocycles. The molecule has 26 nitrogen and oxygen atoms in total. The molecule has 5 rings (SSSR count). The Morgan fingerprint density at radius 1 is 0.451 bits per heavy atom. The van der Waals surface area contributed by atoms with E-state index >= 15 is 0 Å². The fourth-order valence-corrected chi connectivity index (χ4v) is 6.25. The van der Waals surface area contributed by atoms with Crippen molar-refractivity contribution in [2.75, 3.05) is 33.0 Å². The molecule has 4 saturated heterocycles. The molecule has 0 bridgehead atoms. The average molecular weight is 1240 g/mol. The summed E-state index contributed by atoms with van der Waals surface area (Å²) < 4.78 is 219. The van der Waals surface area contributed by atoms with Crippen LogP contribution in [0.1, 0.15) is 56.8 Å². The third-order valence-electron chi connectivity index (χ3n) is 9.30. The number of rotatable bonds is 9. The monoisotopic (exact) mass is 1240 g/mol. The summed E-state index contributed by atoms with van der Waals surface area (Å²) in [5.74, 6) is -5.53. The summed E-state index contributed by atoms with van der Waals surface area (Å²) in [5, 5.41) is 26.1. The molecule has 0 radical (unpaired) electrons. The van der Waals surface area contributed by atoms with Gasteiger partial charge >= 0.3 is 60.5 Å². The number of hydrogen-bond donors (Lipinski definition) is 3. The summed E-state index contributed by atoms with van der Waals surface area (Å²) in [7, 11) is 0. The highest BCUT2D eigenvalue weighted by Crippen LogP contribution is 2.30. The first kappa shape index (κ1) is 76.0. The second kappa shape index (κ2) is 36.6. The third-order valence-corrected chi connectivity index (χ3v) is 9.30. The van der Waals surface area contributed by atoms with Crippen molar-refractivity contribution in [3.63, 3.8) is 0 Å². The number of aliphatic hydroxyl groups is 3. The maximum atomic E-state index is 13.9. The predicted molar refractivity (Wildman–Crippen MR) is 232 cm³/mol. The van der Waals surface area contributed by atoms with Crippen molar-refractivity contribution in [1.29, 1.82) is 0 Å². The minimum absolute atomic E-state index is 0. The number of alkyl halides is 12. The van der Waals surface area contributed by atoms with Gasteiger partial charge in [-0.05, 0) is 10.6 Å². The van der Waals surface area contributed by atoms with E-state index in [1.165, 1.54) is 25.1 Å². The predicted octanol–water partition coefficient (Wildman–Crippen LogP) is 2.55. The van der Waals surface area contributed by atoms with E-state index in [4.69, 9.17) is 29.5 Å². The molecule has 4 fully saturated rings. The van der Waals surface area contributed by atoms with Crippen molar-refractivity contribution in [3.8, 4) is 0 Å². The van der Waals surface area contributed by atoms with Gasteiger partial charge in [0.25, 0.3) is 0 Å². The molecule has 0 spiro atoms. The first-order chi connectivity index (χ1) is 37.7. The van der Waals surface area contributed by atoms with Gasteiger partial charge in [-0.1, -0.05) is 4.94 Å². The Morgan fingerprint density at radius 2 is 0.793 bits per heavy atom. The van der Waals surface area contributed by atoms with Crippen LogP contribution in [-0.4, -0.2) is 220 Å². The molecule has 18 unspecified atom stereocenters. The summed E-state index contributed by atoms with van der Waals surface area (Å²) in [5.41, 5.74) is 0. The Morgan fingerprint density at radius 3 is 1.12 bits per heavy atom. The molecular formula is C43H59F13O26. The Labute approximate surface area is 455 Å². The van der Waals surface area contributed by atoms with Crippen molar-refractivity contribution in [3.05, 3.63) is 12.3 Å². The van der Waals surface area contributed by atoms with E-state index in [0.717, 1.165) is 41.5 Å². The van der Waals surface area contributed by atoms with Crippen LogP contribution in [0.5, 0.6) is 0 Å². The molecule has 5 heterocycles. The molecule has 0 amide bonds. The van der Waals surface area contributed by atoms with E-state index in [-0.39, 0.29) is 27.9 Å². The Balaban J connectivity index is 0. The largest absolute Gasteiger partial charge is 0.553 e. The highest BCUT2D eigenvalue weighted by Gasteiger charge is 2.50. The van der Waals surface area contributed by atoms with Crippen molar-refractivity contribution in [1.82, 2.24) is 0 Å². The average Bonchev–Trinajstić information content (AvgIpc) is 3.52. The molecule has 0 aromatic rings. The molecule has 5 aliphatic rings. The van der Waals surface area contributed by atoms with Crippen LogP contribution in [0.2, 0.25) is 0 Å². The fraction of sp³-hybridized carbons (Fsp3) is 0.767. The maximum absolute atomic E-state index is 13.9. The van der Waals surface area contributed by atoms with Crippen molar-refractivity contribution in [2.24, 2.45) is 0 Å². The maximum Gasteiger partial charge on any atom is 0.553 e. The molecule has 18 atom stereocenters. The smallest absolute Gasteiger partial charge is 0.497 e. The number of carbonyl (C=O) groups is 8. The minimum atomic E-state index is -5.12. The van der Waals surface area contributed by atoms with Gasteiger partial charge in [0, 0.05) is 56.8 Å². The number of halogens is 13. The highest BCUT2D eigenvalue weighted by atomic mass is 19.5. The number of carbonyl (C=O) groups excluding carboxylic acids is 8. The van der Waals surface area contributed by atoms with Gasteiger partial charge in [0.15, 0.2) is 79.8 Å². The zero-order valence-electron chi connectivity index (χ0n) is 43.7. The first-order valence-corrected chi connectivity index (χ1v) is 22.8. The number of ether oxygens (including phenoxy) is 14. The Bertz CT molecular complexity index is 1980. The van der Waals surface area contributed by atoms with Gasteiger partial charge in [0.1, 0.15) is 18.8 Å². The van der Waals surface area contributed by atoms with Crippen LogP contribution in [0.4, 0.5) is 57.2 Å². The van der Waals surface area contributed by atoms with E-state index in [1.54, 1.807) is 6.08 Å². The van der Waals surface area contributed by atoms with Crippen LogP contribution in [0.25, 0.3) is 0 Å². The number of hydrogen-bond acceptors (Lipinski definition) is 26. The Hall–Kier alpha value is -5.97. The highest BCUT2D eigenvalue weighted by molar-refractivity contribution is 5.69. The molecule has 0 aromatic heterocycles. The number of aliphatic hydroxyl groups excluding tert-OH is 3. The molecule has 0 aliphatic carbocycles. The van der Waals surface area contributed by atoms with Crippen molar-refractivity contribution in [2.45, 2.75) is 179 Å². The second-order valence-corrected chi connectivity index (χ2v) is 16.3. The second-order valence-electron chi connectivity index (χ2n) is 16.3. The van der Waals surface area contributed by atoms with Crippen molar-refractivity contribution >= 4 is 47.8 Å². The van der Waals surface area contributed by atoms with Gasteiger partial charge in [0.2, 0.25) is 19.0 Å². The molecule has 82 heavy (non-hydrogen) atoms. The van der Waals surface area contributed by atoms with Crippen LogP contribution in [0, 0.1) is 0 Å². The zero-order valence-corrected chi connectivity index (χ0v) is 43.7. The normalized spacial score (nSPS) is 32.0. The van der Waals surface area contributed by atoms with E-state index in [0.29, 0.717) is 0 Å². The van der Waals surface area contributed by atoms with E-state index in [9.17, 15) is 95.6 Å². The van der Waals surface area contributed by atoms with Gasteiger partial charge in [-0.3, -0.25) is 43.1 Å².